The first-order valence-electron chi connectivity index (χ1n) is 9.85. The van der Waals surface area contributed by atoms with Crippen molar-refractivity contribution >= 4 is 16.7 Å². The van der Waals surface area contributed by atoms with Gasteiger partial charge in [-0.25, -0.2) is 0 Å². The zero-order valence-corrected chi connectivity index (χ0v) is 15.4. The predicted molar refractivity (Wildman–Crippen MR) is 104 cm³/mol. The molecule has 2 saturated heterocycles. The molecule has 2 aliphatic rings. The number of rotatable bonds is 5. The van der Waals surface area contributed by atoms with Gasteiger partial charge in [0.15, 0.2) is 0 Å². The Kier molecular flexibility index (Phi) is 5.46. The standard InChI is InChI=1S/C21H28N4O/c26-21(25-10-1-2-11-25)16-24-12-7-19(8-13-24)23-15-18-5-3-4-17-14-22-9-6-20(17)18/h3-6,9,14,19,23H,1-2,7-8,10-13,15-16H2. The number of benzene rings is 1. The van der Waals surface area contributed by atoms with Crippen molar-refractivity contribution in [2.75, 3.05) is 32.7 Å². The van der Waals surface area contributed by atoms with Gasteiger partial charge in [0.1, 0.15) is 0 Å². The summed E-state index contributed by atoms with van der Waals surface area (Å²) < 4.78 is 0. The number of amides is 1. The van der Waals surface area contributed by atoms with Gasteiger partial charge in [0.05, 0.1) is 6.54 Å². The van der Waals surface area contributed by atoms with Crippen molar-refractivity contribution in [3.63, 3.8) is 0 Å². The van der Waals surface area contributed by atoms with E-state index < -0.39 is 0 Å². The molecule has 1 aromatic heterocycles. The normalized spacial score (nSPS) is 19.3. The molecule has 2 aliphatic heterocycles. The molecule has 4 rings (SSSR count). The maximum atomic E-state index is 12.3. The van der Waals surface area contributed by atoms with Gasteiger partial charge in [0.25, 0.3) is 0 Å². The summed E-state index contributed by atoms with van der Waals surface area (Å²) in [6.45, 7) is 5.42. The van der Waals surface area contributed by atoms with Crippen molar-refractivity contribution in [1.82, 2.24) is 20.1 Å². The highest BCUT2D eigenvalue weighted by Gasteiger charge is 2.24. The average molecular weight is 352 g/mol. The van der Waals surface area contributed by atoms with Crippen molar-refractivity contribution in [3.05, 3.63) is 42.2 Å². The Morgan fingerprint density at radius 3 is 2.73 bits per heavy atom. The predicted octanol–water partition coefficient (Wildman–Crippen LogP) is 2.41. The van der Waals surface area contributed by atoms with Crippen molar-refractivity contribution in [2.24, 2.45) is 0 Å². The number of aromatic nitrogens is 1. The molecule has 26 heavy (non-hydrogen) atoms. The van der Waals surface area contributed by atoms with Crippen molar-refractivity contribution < 1.29 is 4.79 Å². The Hall–Kier alpha value is -1.98. The molecule has 5 nitrogen and oxygen atoms in total. The Labute approximate surface area is 155 Å². The Morgan fingerprint density at radius 1 is 1.12 bits per heavy atom. The van der Waals surface area contributed by atoms with Gasteiger partial charge in [-0.2, -0.15) is 0 Å². The van der Waals surface area contributed by atoms with E-state index >= 15 is 0 Å². The quantitative estimate of drug-likeness (QED) is 0.898. The van der Waals surface area contributed by atoms with Gasteiger partial charge in [-0.1, -0.05) is 18.2 Å². The molecule has 138 valence electrons. The fraction of sp³-hybridized carbons (Fsp3) is 0.524. The van der Waals surface area contributed by atoms with Crippen LogP contribution >= 0.6 is 0 Å². The molecule has 0 unspecified atom stereocenters. The summed E-state index contributed by atoms with van der Waals surface area (Å²) in [7, 11) is 0. The van der Waals surface area contributed by atoms with Crippen LogP contribution in [0.1, 0.15) is 31.2 Å². The second-order valence-electron chi connectivity index (χ2n) is 7.53. The zero-order valence-electron chi connectivity index (χ0n) is 15.4. The number of fused-ring (bicyclic) bond motifs is 1. The zero-order chi connectivity index (χ0) is 17.8. The molecule has 1 aromatic carbocycles. The first kappa shape index (κ1) is 17.4. The first-order valence-corrected chi connectivity index (χ1v) is 9.85. The lowest BCUT2D eigenvalue weighted by Gasteiger charge is -2.33. The molecule has 1 N–H and O–H groups in total. The third kappa shape index (κ3) is 4.05. The summed E-state index contributed by atoms with van der Waals surface area (Å²) in [5, 5.41) is 6.19. The van der Waals surface area contributed by atoms with Gasteiger partial charge in [0.2, 0.25) is 5.91 Å². The van der Waals surface area contributed by atoms with Crippen LogP contribution in [0.25, 0.3) is 10.8 Å². The lowest BCUT2D eigenvalue weighted by atomic mass is 10.0. The van der Waals surface area contributed by atoms with Gasteiger partial charge in [-0.3, -0.25) is 14.7 Å². The van der Waals surface area contributed by atoms with E-state index in [0.29, 0.717) is 18.5 Å². The van der Waals surface area contributed by atoms with Crippen LogP contribution in [-0.4, -0.2) is 59.5 Å². The van der Waals surface area contributed by atoms with E-state index in [0.717, 1.165) is 45.6 Å². The Morgan fingerprint density at radius 2 is 1.92 bits per heavy atom. The van der Waals surface area contributed by atoms with Crippen LogP contribution in [0.2, 0.25) is 0 Å². The largest absolute Gasteiger partial charge is 0.342 e. The molecule has 2 fully saturated rings. The minimum atomic E-state index is 0.318. The summed E-state index contributed by atoms with van der Waals surface area (Å²) in [5.41, 5.74) is 1.33. The number of nitrogens with zero attached hydrogens (tertiary/aromatic N) is 3. The van der Waals surface area contributed by atoms with E-state index in [1.54, 1.807) is 0 Å². The number of piperidine rings is 1. The van der Waals surface area contributed by atoms with Crippen molar-refractivity contribution in [2.45, 2.75) is 38.3 Å². The molecule has 0 aliphatic carbocycles. The maximum absolute atomic E-state index is 12.3. The Bertz CT molecular complexity index is 743. The van der Waals surface area contributed by atoms with Crippen LogP contribution in [0.15, 0.2) is 36.7 Å². The van der Waals surface area contributed by atoms with Gasteiger partial charge in [0, 0.05) is 56.5 Å². The van der Waals surface area contributed by atoms with Crippen LogP contribution in [0, 0.1) is 0 Å². The van der Waals surface area contributed by atoms with Gasteiger partial charge >= 0.3 is 0 Å². The second kappa shape index (κ2) is 8.14. The fourth-order valence-corrected chi connectivity index (χ4v) is 4.15. The molecule has 0 bridgehead atoms. The SMILES string of the molecule is O=C(CN1CCC(NCc2cccc3cnccc23)CC1)N1CCCC1. The topological polar surface area (TPSA) is 48.5 Å². The molecule has 0 spiro atoms. The van der Waals surface area contributed by atoms with Crippen LogP contribution < -0.4 is 5.32 Å². The van der Waals surface area contributed by atoms with Gasteiger partial charge in [-0.15, -0.1) is 0 Å². The number of pyridine rings is 1. The molecular weight excluding hydrogens is 324 g/mol. The van der Waals surface area contributed by atoms with Crippen LogP contribution in [-0.2, 0) is 11.3 Å². The molecule has 1 amide bonds. The van der Waals surface area contributed by atoms with E-state index in [1.807, 2.05) is 17.3 Å². The minimum Gasteiger partial charge on any atom is -0.342 e. The lowest BCUT2D eigenvalue weighted by Crippen LogP contribution is -2.46. The van der Waals surface area contributed by atoms with E-state index in [9.17, 15) is 4.79 Å². The van der Waals surface area contributed by atoms with Gasteiger partial charge < -0.3 is 10.2 Å². The molecule has 2 aromatic rings. The summed E-state index contributed by atoms with van der Waals surface area (Å²) in [6.07, 6.45) is 8.35. The minimum absolute atomic E-state index is 0.318. The second-order valence-corrected chi connectivity index (χ2v) is 7.53. The third-order valence-electron chi connectivity index (χ3n) is 5.76. The maximum Gasteiger partial charge on any atom is 0.236 e. The highest BCUT2D eigenvalue weighted by molar-refractivity contribution is 5.84. The summed E-state index contributed by atoms with van der Waals surface area (Å²) in [5.74, 6) is 0.318. The molecule has 0 saturated carbocycles. The van der Waals surface area contributed by atoms with Crippen molar-refractivity contribution in [3.8, 4) is 0 Å². The molecule has 3 heterocycles. The van der Waals surface area contributed by atoms with Crippen LogP contribution in [0.3, 0.4) is 0 Å². The number of nitrogens with one attached hydrogen (secondary N) is 1. The van der Waals surface area contributed by atoms with Gasteiger partial charge in [-0.05, 0) is 42.7 Å². The smallest absolute Gasteiger partial charge is 0.236 e. The molecular formula is C21H28N4O. The van der Waals surface area contributed by atoms with E-state index in [4.69, 9.17) is 0 Å². The summed E-state index contributed by atoms with van der Waals surface area (Å²) in [6, 6.07) is 9.04. The number of carbonyl (C=O) groups excluding carboxylic acids is 1. The lowest BCUT2D eigenvalue weighted by molar-refractivity contribution is -0.131. The number of hydrogen-bond donors (Lipinski definition) is 1. The van der Waals surface area contributed by atoms with E-state index in [-0.39, 0.29) is 0 Å². The van der Waals surface area contributed by atoms with Crippen LogP contribution in [0.4, 0.5) is 0 Å². The molecule has 5 heteroatoms. The highest BCUT2D eigenvalue weighted by atomic mass is 16.2. The van der Waals surface area contributed by atoms with E-state index in [1.165, 1.54) is 29.2 Å². The average Bonchev–Trinajstić information content (AvgIpc) is 3.22. The molecule has 0 atom stereocenters. The fourth-order valence-electron chi connectivity index (χ4n) is 4.15. The molecule has 0 radical (unpaired) electrons. The number of hydrogen-bond acceptors (Lipinski definition) is 4. The van der Waals surface area contributed by atoms with E-state index in [2.05, 4.69) is 39.5 Å². The summed E-state index contributed by atoms with van der Waals surface area (Å²) >= 11 is 0. The first-order chi connectivity index (χ1) is 12.8. The van der Waals surface area contributed by atoms with Crippen molar-refractivity contribution in [1.29, 1.82) is 0 Å². The highest BCUT2D eigenvalue weighted by Crippen LogP contribution is 2.18. The van der Waals surface area contributed by atoms with Crippen LogP contribution in [0.5, 0.6) is 0 Å². The third-order valence-corrected chi connectivity index (χ3v) is 5.76. The number of carbonyl (C=O) groups is 1. The number of likely N-dealkylation sites (tertiary alicyclic amines) is 2. The Balaban J connectivity index is 1.25. The summed E-state index contributed by atoms with van der Waals surface area (Å²) in [4.78, 5) is 20.9. The monoisotopic (exact) mass is 352 g/mol.